The summed E-state index contributed by atoms with van der Waals surface area (Å²) in [6.45, 7) is 0. The first-order chi connectivity index (χ1) is 9.75. The van der Waals surface area contributed by atoms with E-state index in [9.17, 15) is 27.2 Å². The minimum atomic E-state index is -5.12. The summed E-state index contributed by atoms with van der Waals surface area (Å²) in [5.74, 6) is -0.945. The zero-order valence-corrected chi connectivity index (χ0v) is 10.9. The lowest BCUT2D eigenvalue weighted by atomic mass is 10.2. The predicted molar refractivity (Wildman–Crippen MR) is 67.1 cm³/mol. The van der Waals surface area contributed by atoms with Crippen LogP contribution in [-0.4, -0.2) is 23.7 Å². The molecule has 1 unspecified atom stereocenters. The molecule has 0 aliphatic carbocycles. The van der Waals surface area contributed by atoms with Gasteiger partial charge in [0.25, 0.3) is 11.1 Å². The Hall–Kier alpha value is -2.03. The standard InChI is InChI=1S/C12H7F4NO3S/c13-10(12(14,15)16)20-7-3-1-2-6(4-7)5-8-9(18)17-11(19)21-8/h1-5,10H,(H,17,18,19)/b8-5+. The molecule has 1 fully saturated rings. The summed E-state index contributed by atoms with van der Waals surface area (Å²) in [5.41, 5.74) is 0.300. The third kappa shape index (κ3) is 3.97. The first-order valence-electron chi connectivity index (χ1n) is 5.48. The van der Waals surface area contributed by atoms with Crippen LogP contribution in [0.1, 0.15) is 5.56 Å². The summed E-state index contributed by atoms with van der Waals surface area (Å²) >= 11 is 0.659. The Morgan fingerprint density at radius 2 is 2.00 bits per heavy atom. The van der Waals surface area contributed by atoms with Gasteiger partial charge < -0.3 is 4.74 Å². The van der Waals surface area contributed by atoms with Crippen molar-refractivity contribution in [2.24, 2.45) is 0 Å². The Morgan fingerprint density at radius 1 is 1.29 bits per heavy atom. The molecule has 9 heteroatoms. The molecular formula is C12H7F4NO3S. The quantitative estimate of drug-likeness (QED) is 0.686. The van der Waals surface area contributed by atoms with E-state index in [1.807, 2.05) is 5.32 Å². The topological polar surface area (TPSA) is 55.4 Å². The highest BCUT2D eigenvalue weighted by molar-refractivity contribution is 8.18. The number of imide groups is 1. The third-order valence-corrected chi connectivity index (χ3v) is 3.11. The van der Waals surface area contributed by atoms with E-state index < -0.39 is 23.7 Å². The van der Waals surface area contributed by atoms with Gasteiger partial charge in [-0.25, -0.2) is 0 Å². The molecule has 0 spiro atoms. The second-order valence-corrected chi connectivity index (χ2v) is 4.91. The fourth-order valence-corrected chi connectivity index (χ4v) is 2.12. The molecule has 1 aliphatic heterocycles. The number of benzene rings is 1. The summed E-state index contributed by atoms with van der Waals surface area (Å²) in [6.07, 6.45) is -7.27. The van der Waals surface area contributed by atoms with Crippen molar-refractivity contribution in [3.63, 3.8) is 0 Å². The average Bonchev–Trinajstić information content (AvgIpc) is 2.67. The molecule has 1 aliphatic rings. The number of hydrogen-bond donors (Lipinski definition) is 1. The molecule has 112 valence electrons. The van der Waals surface area contributed by atoms with Crippen LogP contribution < -0.4 is 10.1 Å². The average molecular weight is 321 g/mol. The van der Waals surface area contributed by atoms with Crippen LogP contribution in [0.15, 0.2) is 29.2 Å². The highest BCUT2D eigenvalue weighted by Crippen LogP contribution is 2.29. The van der Waals surface area contributed by atoms with Gasteiger partial charge in [0.2, 0.25) is 0 Å². The Morgan fingerprint density at radius 3 is 2.57 bits per heavy atom. The zero-order chi connectivity index (χ0) is 15.6. The van der Waals surface area contributed by atoms with Gasteiger partial charge in [-0.2, -0.15) is 17.6 Å². The maximum Gasteiger partial charge on any atom is 0.457 e. The number of rotatable bonds is 3. The molecule has 2 rings (SSSR count). The summed E-state index contributed by atoms with van der Waals surface area (Å²) in [6, 6.07) is 5.08. The van der Waals surface area contributed by atoms with E-state index in [1.165, 1.54) is 18.2 Å². The number of alkyl halides is 4. The molecule has 1 N–H and O–H groups in total. The lowest BCUT2D eigenvalue weighted by Crippen LogP contribution is -2.29. The molecule has 4 nitrogen and oxygen atoms in total. The fourth-order valence-electron chi connectivity index (χ4n) is 1.44. The number of halogens is 4. The number of thioether (sulfide) groups is 1. The van der Waals surface area contributed by atoms with Crippen molar-refractivity contribution < 1.29 is 31.9 Å². The van der Waals surface area contributed by atoms with Crippen molar-refractivity contribution >= 4 is 29.0 Å². The van der Waals surface area contributed by atoms with Gasteiger partial charge in [-0.3, -0.25) is 14.9 Å². The molecule has 1 atom stereocenters. The predicted octanol–water partition coefficient (Wildman–Crippen LogP) is 3.25. The minimum absolute atomic E-state index is 0.0877. The van der Waals surface area contributed by atoms with Gasteiger partial charge in [0, 0.05) is 0 Å². The van der Waals surface area contributed by atoms with E-state index in [2.05, 4.69) is 4.74 Å². The van der Waals surface area contributed by atoms with E-state index in [-0.39, 0.29) is 10.7 Å². The number of carbonyl (C=O) groups excluding carboxylic acids is 2. The van der Waals surface area contributed by atoms with Crippen LogP contribution >= 0.6 is 11.8 Å². The molecule has 0 saturated carbocycles. The maximum absolute atomic E-state index is 12.8. The third-order valence-electron chi connectivity index (χ3n) is 2.29. The van der Waals surface area contributed by atoms with Gasteiger partial charge in [0.1, 0.15) is 5.75 Å². The van der Waals surface area contributed by atoms with Crippen LogP contribution in [-0.2, 0) is 4.79 Å². The number of carbonyl (C=O) groups is 2. The molecule has 1 heterocycles. The van der Waals surface area contributed by atoms with Gasteiger partial charge in [-0.05, 0) is 35.5 Å². The lowest BCUT2D eigenvalue weighted by molar-refractivity contribution is -0.236. The van der Waals surface area contributed by atoms with Gasteiger partial charge >= 0.3 is 12.5 Å². The highest BCUT2D eigenvalue weighted by Gasteiger charge is 2.42. The molecule has 1 aromatic rings. The monoisotopic (exact) mass is 321 g/mol. The number of ether oxygens (including phenoxy) is 1. The number of nitrogens with one attached hydrogen (secondary N) is 1. The van der Waals surface area contributed by atoms with E-state index in [0.717, 1.165) is 12.1 Å². The molecule has 1 aromatic carbocycles. The first-order valence-corrected chi connectivity index (χ1v) is 6.30. The van der Waals surface area contributed by atoms with Crippen LogP contribution in [0.4, 0.5) is 22.4 Å². The van der Waals surface area contributed by atoms with Crippen molar-refractivity contribution in [2.75, 3.05) is 0 Å². The van der Waals surface area contributed by atoms with Crippen molar-refractivity contribution in [3.8, 4) is 5.75 Å². The van der Waals surface area contributed by atoms with E-state index in [0.29, 0.717) is 17.3 Å². The normalized spacial score (nSPS) is 18.8. The zero-order valence-electron chi connectivity index (χ0n) is 10.1. The molecule has 0 radical (unpaired) electrons. The number of hydrogen-bond acceptors (Lipinski definition) is 4. The molecule has 2 amide bonds. The molecule has 0 aromatic heterocycles. The van der Waals surface area contributed by atoms with E-state index in [1.54, 1.807) is 0 Å². The van der Waals surface area contributed by atoms with Crippen LogP contribution in [0.3, 0.4) is 0 Å². The Labute approximate surface area is 120 Å². The second kappa shape index (κ2) is 5.76. The Kier molecular flexibility index (Phi) is 4.21. The Bertz CT molecular complexity index is 615. The molecule has 1 saturated heterocycles. The summed E-state index contributed by atoms with van der Waals surface area (Å²) in [7, 11) is 0. The van der Waals surface area contributed by atoms with Gasteiger partial charge in [-0.15, -0.1) is 0 Å². The highest BCUT2D eigenvalue weighted by atomic mass is 32.2. The van der Waals surface area contributed by atoms with Crippen LogP contribution in [0.2, 0.25) is 0 Å². The smallest absolute Gasteiger partial charge is 0.452 e. The van der Waals surface area contributed by atoms with Crippen molar-refractivity contribution in [1.29, 1.82) is 0 Å². The summed E-state index contributed by atoms with van der Waals surface area (Å²) in [4.78, 5) is 22.4. The summed E-state index contributed by atoms with van der Waals surface area (Å²) < 4.78 is 53.1. The van der Waals surface area contributed by atoms with E-state index >= 15 is 0 Å². The molecule has 21 heavy (non-hydrogen) atoms. The summed E-state index contributed by atoms with van der Waals surface area (Å²) in [5, 5.41) is 1.49. The SMILES string of the molecule is O=C1NC(=O)/C(=C\c2cccc(OC(F)C(F)(F)F)c2)S1. The van der Waals surface area contributed by atoms with Crippen molar-refractivity contribution in [1.82, 2.24) is 5.32 Å². The first kappa shape index (κ1) is 15.4. The lowest BCUT2D eigenvalue weighted by Gasteiger charge is -2.14. The van der Waals surface area contributed by atoms with Crippen LogP contribution in [0.5, 0.6) is 5.75 Å². The van der Waals surface area contributed by atoms with Gasteiger partial charge in [0.15, 0.2) is 0 Å². The fraction of sp³-hybridized carbons (Fsp3) is 0.167. The number of amides is 2. The largest absolute Gasteiger partial charge is 0.457 e. The van der Waals surface area contributed by atoms with Gasteiger partial charge in [0.05, 0.1) is 4.91 Å². The second-order valence-electron chi connectivity index (χ2n) is 3.90. The van der Waals surface area contributed by atoms with Crippen molar-refractivity contribution in [2.45, 2.75) is 12.5 Å². The van der Waals surface area contributed by atoms with Crippen LogP contribution in [0, 0.1) is 0 Å². The van der Waals surface area contributed by atoms with Crippen molar-refractivity contribution in [3.05, 3.63) is 34.7 Å². The Balaban J connectivity index is 2.17. The minimum Gasteiger partial charge on any atom is -0.452 e. The molecule has 0 bridgehead atoms. The molecular weight excluding hydrogens is 314 g/mol. The van der Waals surface area contributed by atoms with Gasteiger partial charge in [-0.1, -0.05) is 12.1 Å². The maximum atomic E-state index is 12.8. The van der Waals surface area contributed by atoms with Crippen LogP contribution in [0.25, 0.3) is 6.08 Å². The van der Waals surface area contributed by atoms with E-state index in [4.69, 9.17) is 0 Å².